The number of likely N-dealkylation sites (N-methyl/N-ethyl adjacent to an activating group) is 1. The van der Waals surface area contributed by atoms with E-state index in [4.69, 9.17) is 0 Å². The number of amides is 1. The second-order valence-corrected chi connectivity index (χ2v) is 7.15. The predicted octanol–water partition coefficient (Wildman–Crippen LogP) is 2.53. The Hall–Kier alpha value is -2.96. The van der Waals surface area contributed by atoms with Crippen molar-refractivity contribution in [1.29, 1.82) is 0 Å². The molecule has 136 valence electrons. The van der Waals surface area contributed by atoms with Crippen LogP contribution in [0.3, 0.4) is 0 Å². The number of nitrogens with one attached hydrogen (secondary N) is 1. The van der Waals surface area contributed by atoms with Gasteiger partial charge in [0.05, 0.1) is 12.2 Å². The summed E-state index contributed by atoms with van der Waals surface area (Å²) in [6.07, 6.45) is 1.48. The van der Waals surface area contributed by atoms with Crippen molar-refractivity contribution >= 4 is 17.5 Å². The molecule has 2 aromatic heterocycles. The molecule has 1 aromatic carbocycles. The van der Waals surface area contributed by atoms with E-state index in [1.54, 1.807) is 4.52 Å². The summed E-state index contributed by atoms with van der Waals surface area (Å²) >= 11 is 0. The van der Waals surface area contributed by atoms with Gasteiger partial charge in [0.15, 0.2) is 0 Å². The second kappa shape index (κ2) is 7.11. The average Bonchev–Trinajstić information content (AvgIpc) is 3.06. The van der Waals surface area contributed by atoms with E-state index in [-0.39, 0.29) is 18.0 Å². The van der Waals surface area contributed by atoms with Crippen molar-refractivity contribution in [3.05, 3.63) is 42.7 Å². The van der Waals surface area contributed by atoms with Crippen molar-refractivity contribution in [2.45, 2.75) is 33.2 Å². The molecule has 0 aliphatic rings. The number of aromatic nitrogens is 4. The van der Waals surface area contributed by atoms with E-state index in [1.807, 2.05) is 69.0 Å². The standard InChI is InChI=1S/C19H24N6O/c1-5-24(12-16(26)23-19(2,3)4)17-11-15(14-9-7-6-8-10-14)22-18-20-13-21-25(17)18/h6-11,13H,5,12H2,1-4H3,(H,23,26). The first-order valence-corrected chi connectivity index (χ1v) is 8.69. The summed E-state index contributed by atoms with van der Waals surface area (Å²) < 4.78 is 1.67. The molecule has 3 aromatic rings. The lowest BCUT2D eigenvalue weighted by atomic mass is 10.1. The Kier molecular flexibility index (Phi) is 4.88. The van der Waals surface area contributed by atoms with Crippen LogP contribution in [0.15, 0.2) is 42.7 Å². The monoisotopic (exact) mass is 352 g/mol. The number of carbonyl (C=O) groups is 1. The average molecular weight is 352 g/mol. The van der Waals surface area contributed by atoms with E-state index in [9.17, 15) is 4.79 Å². The molecular weight excluding hydrogens is 328 g/mol. The van der Waals surface area contributed by atoms with Crippen LogP contribution in [-0.4, -0.2) is 44.1 Å². The Balaban J connectivity index is 1.99. The molecule has 0 unspecified atom stereocenters. The molecule has 7 heteroatoms. The van der Waals surface area contributed by atoms with Crippen molar-refractivity contribution in [3.63, 3.8) is 0 Å². The van der Waals surface area contributed by atoms with Gasteiger partial charge in [-0.05, 0) is 27.7 Å². The lowest BCUT2D eigenvalue weighted by Crippen LogP contribution is -2.46. The maximum absolute atomic E-state index is 12.4. The number of fused-ring (bicyclic) bond motifs is 1. The van der Waals surface area contributed by atoms with E-state index in [0.29, 0.717) is 12.3 Å². The molecule has 0 fully saturated rings. The minimum absolute atomic E-state index is 0.0364. The van der Waals surface area contributed by atoms with E-state index in [2.05, 4.69) is 20.4 Å². The van der Waals surface area contributed by atoms with Crippen molar-refractivity contribution in [2.24, 2.45) is 0 Å². The quantitative estimate of drug-likeness (QED) is 0.764. The third kappa shape index (κ3) is 3.99. The van der Waals surface area contributed by atoms with Crippen LogP contribution in [-0.2, 0) is 4.79 Å². The van der Waals surface area contributed by atoms with Crippen LogP contribution in [0.5, 0.6) is 0 Å². The van der Waals surface area contributed by atoms with Gasteiger partial charge in [-0.1, -0.05) is 30.3 Å². The van der Waals surface area contributed by atoms with Gasteiger partial charge in [-0.3, -0.25) is 4.79 Å². The van der Waals surface area contributed by atoms with E-state index >= 15 is 0 Å². The molecule has 0 saturated heterocycles. The van der Waals surface area contributed by atoms with Crippen LogP contribution < -0.4 is 10.2 Å². The maximum atomic E-state index is 12.4. The zero-order valence-electron chi connectivity index (χ0n) is 15.6. The predicted molar refractivity (Wildman–Crippen MR) is 102 cm³/mol. The number of anilines is 1. The Bertz CT molecular complexity index is 897. The third-order valence-electron chi connectivity index (χ3n) is 3.86. The summed E-state index contributed by atoms with van der Waals surface area (Å²) in [7, 11) is 0. The summed E-state index contributed by atoms with van der Waals surface area (Å²) in [5.41, 5.74) is 1.53. The van der Waals surface area contributed by atoms with Crippen molar-refractivity contribution in [2.75, 3.05) is 18.0 Å². The van der Waals surface area contributed by atoms with E-state index in [1.165, 1.54) is 6.33 Å². The Morgan fingerprint density at radius 3 is 2.62 bits per heavy atom. The molecule has 0 spiro atoms. The van der Waals surface area contributed by atoms with Gasteiger partial charge in [-0.2, -0.15) is 14.6 Å². The largest absolute Gasteiger partial charge is 0.350 e. The van der Waals surface area contributed by atoms with Gasteiger partial charge in [0, 0.05) is 23.7 Å². The number of hydrogen-bond donors (Lipinski definition) is 1. The minimum atomic E-state index is -0.271. The van der Waals surface area contributed by atoms with Gasteiger partial charge in [0.1, 0.15) is 12.1 Å². The van der Waals surface area contributed by atoms with Crippen LogP contribution in [0.25, 0.3) is 17.0 Å². The molecule has 0 saturated carbocycles. The van der Waals surface area contributed by atoms with Crippen molar-refractivity contribution in [3.8, 4) is 11.3 Å². The first-order chi connectivity index (χ1) is 12.4. The Morgan fingerprint density at radius 1 is 1.23 bits per heavy atom. The molecule has 0 bridgehead atoms. The van der Waals surface area contributed by atoms with Gasteiger partial charge in [-0.25, -0.2) is 4.98 Å². The fraction of sp³-hybridized carbons (Fsp3) is 0.368. The SMILES string of the molecule is CCN(CC(=O)NC(C)(C)C)c1cc(-c2ccccc2)nc2ncnn12. The Morgan fingerprint density at radius 2 is 1.96 bits per heavy atom. The fourth-order valence-corrected chi connectivity index (χ4v) is 2.76. The number of carbonyl (C=O) groups excluding carboxylic acids is 1. The van der Waals surface area contributed by atoms with E-state index in [0.717, 1.165) is 17.1 Å². The highest BCUT2D eigenvalue weighted by Gasteiger charge is 2.19. The minimum Gasteiger partial charge on any atom is -0.350 e. The zero-order valence-corrected chi connectivity index (χ0v) is 15.6. The van der Waals surface area contributed by atoms with Crippen LogP contribution >= 0.6 is 0 Å². The molecule has 0 aliphatic carbocycles. The molecule has 26 heavy (non-hydrogen) atoms. The number of benzene rings is 1. The van der Waals surface area contributed by atoms with Gasteiger partial charge in [0.2, 0.25) is 5.91 Å². The molecule has 0 atom stereocenters. The van der Waals surface area contributed by atoms with Crippen molar-refractivity contribution < 1.29 is 4.79 Å². The smallest absolute Gasteiger partial charge is 0.254 e. The highest BCUT2D eigenvalue weighted by atomic mass is 16.2. The maximum Gasteiger partial charge on any atom is 0.254 e. The summed E-state index contributed by atoms with van der Waals surface area (Å²) in [5, 5.41) is 7.27. The van der Waals surface area contributed by atoms with Crippen LogP contribution in [0, 0.1) is 0 Å². The molecule has 0 radical (unpaired) electrons. The highest BCUT2D eigenvalue weighted by molar-refractivity contribution is 5.82. The molecular formula is C19H24N6O. The second-order valence-electron chi connectivity index (χ2n) is 7.15. The van der Waals surface area contributed by atoms with Crippen LogP contribution in [0.2, 0.25) is 0 Å². The topological polar surface area (TPSA) is 75.4 Å². The molecule has 2 heterocycles. The lowest BCUT2D eigenvalue weighted by molar-refractivity contribution is -0.121. The molecule has 1 N–H and O–H groups in total. The number of hydrogen-bond acceptors (Lipinski definition) is 5. The summed E-state index contributed by atoms with van der Waals surface area (Å²) in [5.74, 6) is 1.26. The Labute approximate surface area is 153 Å². The summed E-state index contributed by atoms with van der Waals surface area (Å²) in [4.78, 5) is 23.2. The molecule has 7 nitrogen and oxygen atoms in total. The first-order valence-electron chi connectivity index (χ1n) is 8.69. The number of nitrogens with zero attached hydrogens (tertiary/aromatic N) is 5. The third-order valence-corrected chi connectivity index (χ3v) is 3.86. The first kappa shape index (κ1) is 17.8. The van der Waals surface area contributed by atoms with Gasteiger partial charge < -0.3 is 10.2 Å². The van der Waals surface area contributed by atoms with Crippen LogP contribution in [0.1, 0.15) is 27.7 Å². The summed E-state index contributed by atoms with van der Waals surface area (Å²) in [6, 6.07) is 11.9. The van der Waals surface area contributed by atoms with Crippen molar-refractivity contribution in [1.82, 2.24) is 24.9 Å². The number of rotatable bonds is 5. The van der Waals surface area contributed by atoms with E-state index < -0.39 is 0 Å². The molecule has 3 rings (SSSR count). The normalized spacial score (nSPS) is 11.5. The fourth-order valence-electron chi connectivity index (χ4n) is 2.76. The summed E-state index contributed by atoms with van der Waals surface area (Å²) in [6.45, 7) is 8.81. The lowest BCUT2D eigenvalue weighted by Gasteiger charge is -2.26. The van der Waals surface area contributed by atoms with Gasteiger partial charge in [-0.15, -0.1) is 0 Å². The zero-order chi connectivity index (χ0) is 18.7. The van der Waals surface area contributed by atoms with Gasteiger partial charge in [0.25, 0.3) is 5.78 Å². The van der Waals surface area contributed by atoms with Gasteiger partial charge >= 0.3 is 0 Å². The van der Waals surface area contributed by atoms with Crippen LogP contribution in [0.4, 0.5) is 5.82 Å². The highest BCUT2D eigenvalue weighted by Crippen LogP contribution is 2.23. The molecule has 1 amide bonds. The molecule has 0 aliphatic heterocycles.